The maximum absolute atomic E-state index is 11.3. The predicted octanol–water partition coefficient (Wildman–Crippen LogP) is 1.85. The molecule has 16 heavy (non-hydrogen) atoms. The molecule has 1 unspecified atom stereocenters. The molecule has 2 N–H and O–H groups in total. The summed E-state index contributed by atoms with van der Waals surface area (Å²) in [4.78, 5) is 11.3. The second-order valence-electron chi connectivity index (χ2n) is 3.45. The second-order valence-corrected chi connectivity index (χ2v) is 3.85. The first-order valence-corrected chi connectivity index (χ1v) is 5.35. The number of nitrogens with one attached hydrogen (secondary N) is 1. The zero-order chi connectivity index (χ0) is 12.0. The van der Waals surface area contributed by atoms with Crippen LogP contribution in [0.25, 0.3) is 6.08 Å². The van der Waals surface area contributed by atoms with Crippen molar-refractivity contribution in [1.82, 2.24) is 5.32 Å². The molecule has 0 radical (unpaired) electrons. The van der Waals surface area contributed by atoms with Crippen molar-refractivity contribution < 1.29 is 9.90 Å². The quantitative estimate of drug-likeness (QED) is 0.788. The maximum Gasteiger partial charge on any atom is 0.244 e. The molecule has 0 fully saturated rings. The standard InChI is InChI=1S/C12H14ClNO2/c1-9(8-15)14-12(16)7-6-10-4-2-3-5-11(10)13/h2-7,9,15H,8H2,1H3,(H,14,16)/b7-6+. The Bertz CT molecular complexity index is 390. The normalized spacial score (nSPS) is 12.7. The van der Waals surface area contributed by atoms with Crippen LogP contribution in [0.1, 0.15) is 12.5 Å². The number of aliphatic hydroxyl groups is 1. The SMILES string of the molecule is CC(CO)NC(=O)/C=C/c1ccccc1Cl. The molecule has 1 aromatic rings. The first kappa shape index (κ1) is 12.7. The van der Waals surface area contributed by atoms with Gasteiger partial charge in [-0.1, -0.05) is 29.8 Å². The fourth-order valence-corrected chi connectivity index (χ4v) is 1.31. The van der Waals surface area contributed by atoms with Crippen molar-refractivity contribution in [2.24, 2.45) is 0 Å². The fourth-order valence-electron chi connectivity index (χ4n) is 1.11. The van der Waals surface area contributed by atoms with Gasteiger partial charge in [0.1, 0.15) is 0 Å². The topological polar surface area (TPSA) is 49.3 Å². The van der Waals surface area contributed by atoms with E-state index in [4.69, 9.17) is 16.7 Å². The van der Waals surface area contributed by atoms with E-state index in [1.807, 2.05) is 18.2 Å². The van der Waals surface area contributed by atoms with Crippen LogP contribution in [0.3, 0.4) is 0 Å². The van der Waals surface area contributed by atoms with E-state index < -0.39 is 0 Å². The van der Waals surface area contributed by atoms with E-state index in [1.54, 1.807) is 19.1 Å². The Morgan fingerprint density at radius 2 is 2.25 bits per heavy atom. The van der Waals surface area contributed by atoms with Crippen LogP contribution in [0.5, 0.6) is 0 Å². The first-order chi connectivity index (χ1) is 7.63. The summed E-state index contributed by atoms with van der Waals surface area (Å²) >= 11 is 5.92. The van der Waals surface area contributed by atoms with Gasteiger partial charge in [0.25, 0.3) is 0 Å². The number of aliphatic hydroxyl groups excluding tert-OH is 1. The Morgan fingerprint density at radius 1 is 1.56 bits per heavy atom. The molecule has 0 aromatic heterocycles. The Hall–Kier alpha value is -1.32. The van der Waals surface area contributed by atoms with Crippen molar-refractivity contribution in [3.8, 4) is 0 Å². The van der Waals surface area contributed by atoms with E-state index in [0.29, 0.717) is 5.02 Å². The molecule has 1 rings (SSSR count). The minimum absolute atomic E-state index is 0.0777. The molecule has 4 heteroatoms. The number of hydrogen-bond acceptors (Lipinski definition) is 2. The molecular formula is C12H14ClNO2. The van der Waals surface area contributed by atoms with Crippen molar-refractivity contribution in [3.05, 3.63) is 40.9 Å². The van der Waals surface area contributed by atoms with Gasteiger partial charge in [0.2, 0.25) is 5.91 Å². The highest BCUT2D eigenvalue weighted by molar-refractivity contribution is 6.32. The maximum atomic E-state index is 11.3. The number of benzene rings is 1. The molecular weight excluding hydrogens is 226 g/mol. The molecule has 0 heterocycles. The number of carbonyl (C=O) groups is 1. The number of halogens is 1. The van der Waals surface area contributed by atoms with Gasteiger partial charge in [0.05, 0.1) is 6.61 Å². The van der Waals surface area contributed by atoms with E-state index in [2.05, 4.69) is 5.32 Å². The number of amides is 1. The van der Waals surface area contributed by atoms with Gasteiger partial charge >= 0.3 is 0 Å². The molecule has 1 amide bonds. The van der Waals surface area contributed by atoms with E-state index in [0.717, 1.165) is 5.56 Å². The van der Waals surface area contributed by atoms with Crippen molar-refractivity contribution in [1.29, 1.82) is 0 Å². The minimum Gasteiger partial charge on any atom is -0.394 e. The van der Waals surface area contributed by atoms with E-state index in [-0.39, 0.29) is 18.6 Å². The molecule has 0 bridgehead atoms. The van der Waals surface area contributed by atoms with Gasteiger partial charge in [-0.3, -0.25) is 4.79 Å². The molecule has 0 saturated carbocycles. The van der Waals surface area contributed by atoms with Gasteiger partial charge in [-0.15, -0.1) is 0 Å². The highest BCUT2D eigenvalue weighted by Crippen LogP contribution is 2.15. The Kier molecular flexibility index (Phi) is 5.02. The van der Waals surface area contributed by atoms with Crippen molar-refractivity contribution in [2.45, 2.75) is 13.0 Å². The third kappa shape index (κ3) is 4.04. The van der Waals surface area contributed by atoms with Crippen molar-refractivity contribution in [2.75, 3.05) is 6.61 Å². The minimum atomic E-state index is -0.249. The van der Waals surface area contributed by atoms with Gasteiger partial charge in [-0.2, -0.15) is 0 Å². The van der Waals surface area contributed by atoms with E-state index in [1.165, 1.54) is 6.08 Å². The van der Waals surface area contributed by atoms with Crippen LogP contribution < -0.4 is 5.32 Å². The van der Waals surface area contributed by atoms with Gasteiger partial charge in [0.15, 0.2) is 0 Å². The molecule has 86 valence electrons. The smallest absolute Gasteiger partial charge is 0.244 e. The summed E-state index contributed by atoms with van der Waals surface area (Å²) in [6.45, 7) is 1.65. The van der Waals surface area contributed by atoms with Crippen LogP contribution in [-0.2, 0) is 4.79 Å². The van der Waals surface area contributed by atoms with E-state index in [9.17, 15) is 4.79 Å². The molecule has 3 nitrogen and oxygen atoms in total. The molecule has 1 aromatic carbocycles. The molecule has 0 saturated heterocycles. The fraction of sp³-hybridized carbons (Fsp3) is 0.250. The molecule has 1 atom stereocenters. The summed E-state index contributed by atoms with van der Waals surface area (Å²) < 4.78 is 0. The molecule has 0 aliphatic rings. The average molecular weight is 240 g/mol. The lowest BCUT2D eigenvalue weighted by Crippen LogP contribution is -2.33. The van der Waals surface area contributed by atoms with Crippen molar-refractivity contribution >= 4 is 23.6 Å². The third-order valence-corrected chi connectivity index (χ3v) is 2.33. The predicted molar refractivity (Wildman–Crippen MR) is 65.2 cm³/mol. The van der Waals surface area contributed by atoms with Gasteiger partial charge < -0.3 is 10.4 Å². The highest BCUT2D eigenvalue weighted by atomic mass is 35.5. The monoisotopic (exact) mass is 239 g/mol. The zero-order valence-electron chi connectivity index (χ0n) is 8.98. The third-order valence-electron chi connectivity index (χ3n) is 1.98. The summed E-state index contributed by atoms with van der Waals surface area (Å²) in [7, 11) is 0. The van der Waals surface area contributed by atoms with Crippen LogP contribution in [0.4, 0.5) is 0 Å². The lowest BCUT2D eigenvalue weighted by Gasteiger charge is -2.07. The summed E-state index contributed by atoms with van der Waals surface area (Å²) in [5.41, 5.74) is 0.788. The van der Waals surface area contributed by atoms with Crippen LogP contribution in [-0.4, -0.2) is 23.7 Å². The summed E-state index contributed by atoms with van der Waals surface area (Å²) in [5, 5.41) is 12.0. The zero-order valence-corrected chi connectivity index (χ0v) is 9.74. The summed E-state index contributed by atoms with van der Waals surface area (Å²) in [5.74, 6) is -0.249. The van der Waals surface area contributed by atoms with Gasteiger partial charge in [-0.05, 0) is 24.6 Å². The molecule has 0 aliphatic carbocycles. The Morgan fingerprint density at radius 3 is 2.88 bits per heavy atom. The number of rotatable bonds is 4. The lowest BCUT2D eigenvalue weighted by atomic mass is 10.2. The average Bonchev–Trinajstić information content (AvgIpc) is 2.28. The Balaban J connectivity index is 2.60. The molecule has 0 spiro atoms. The number of carbonyl (C=O) groups excluding carboxylic acids is 1. The second kappa shape index (κ2) is 6.30. The van der Waals surface area contributed by atoms with Gasteiger partial charge in [-0.25, -0.2) is 0 Å². The largest absolute Gasteiger partial charge is 0.394 e. The Labute approximate surface area is 99.7 Å². The first-order valence-electron chi connectivity index (χ1n) is 4.97. The van der Waals surface area contributed by atoms with E-state index >= 15 is 0 Å². The van der Waals surface area contributed by atoms with Crippen LogP contribution >= 0.6 is 11.6 Å². The highest BCUT2D eigenvalue weighted by Gasteiger charge is 2.02. The van der Waals surface area contributed by atoms with Crippen LogP contribution in [0.2, 0.25) is 5.02 Å². The number of hydrogen-bond donors (Lipinski definition) is 2. The molecule has 0 aliphatic heterocycles. The summed E-state index contributed by atoms with van der Waals surface area (Å²) in [6.07, 6.45) is 3.04. The lowest BCUT2D eigenvalue weighted by molar-refractivity contribution is -0.117. The van der Waals surface area contributed by atoms with Gasteiger partial charge in [0, 0.05) is 17.1 Å². The van der Waals surface area contributed by atoms with Crippen LogP contribution in [0, 0.1) is 0 Å². The van der Waals surface area contributed by atoms with Crippen LogP contribution in [0.15, 0.2) is 30.3 Å². The summed E-state index contributed by atoms with van der Waals surface area (Å²) in [6, 6.07) is 7.01. The van der Waals surface area contributed by atoms with Crippen molar-refractivity contribution in [3.63, 3.8) is 0 Å².